The van der Waals surface area contributed by atoms with Crippen molar-refractivity contribution in [3.05, 3.63) is 29.3 Å². The second-order valence-electron chi connectivity index (χ2n) is 3.73. The number of amides is 2. The number of rotatable bonds is 11. The summed E-state index contributed by atoms with van der Waals surface area (Å²) >= 11 is 1.76. The van der Waals surface area contributed by atoms with E-state index in [1.165, 1.54) is 12.1 Å². The van der Waals surface area contributed by atoms with Crippen LogP contribution in [0, 0.1) is 0 Å². The topological polar surface area (TPSA) is 143 Å². The van der Waals surface area contributed by atoms with Gasteiger partial charge in [-0.2, -0.15) is 4.33 Å². The van der Waals surface area contributed by atoms with Gasteiger partial charge in [-0.3, -0.25) is 9.59 Å². The van der Waals surface area contributed by atoms with Crippen LogP contribution in [0.1, 0.15) is 27.1 Å². The van der Waals surface area contributed by atoms with Gasteiger partial charge >= 0.3 is 0 Å². The van der Waals surface area contributed by atoms with Crippen LogP contribution in [0.15, 0.2) is 23.1 Å². The van der Waals surface area contributed by atoms with Gasteiger partial charge in [0.25, 0.3) is 0 Å². The van der Waals surface area contributed by atoms with Crippen LogP contribution in [0.5, 0.6) is 0 Å². The SMILES string of the molecule is NC(=O)c1ccc(SOOCCCSOOO)cc1C(N)=O. The first-order chi connectivity index (χ1) is 10.6. The molecule has 0 heterocycles. The quantitative estimate of drug-likeness (QED) is 0.233. The summed E-state index contributed by atoms with van der Waals surface area (Å²) in [5.74, 6) is -0.984. The monoisotopic (exact) mass is 350 g/mol. The molecule has 22 heavy (non-hydrogen) atoms. The first kappa shape index (κ1) is 18.7. The third kappa shape index (κ3) is 6.62. The highest BCUT2D eigenvalue weighted by Crippen LogP contribution is 2.22. The van der Waals surface area contributed by atoms with Crippen molar-refractivity contribution in [1.82, 2.24) is 0 Å². The maximum atomic E-state index is 11.3. The molecule has 0 saturated carbocycles. The summed E-state index contributed by atoms with van der Waals surface area (Å²) in [5.41, 5.74) is 10.4. The molecule has 0 bridgehead atoms. The fourth-order valence-electron chi connectivity index (χ4n) is 1.32. The summed E-state index contributed by atoms with van der Waals surface area (Å²) in [7, 11) is 0. The van der Waals surface area contributed by atoms with Crippen molar-refractivity contribution in [1.29, 1.82) is 0 Å². The van der Waals surface area contributed by atoms with Crippen molar-refractivity contribution in [2.75, 3.05) is 12.4 Å². The van der Waals surface area contributed by atoms with Crippen molar-refractivity contribution in [2.45, 2.75) is 11.3 Å². The first-order valence-corrected chi connectivity index (χ1v) is 7.51. The third-order valence-corrected chi connectivity index (χ3v) is 3.46. The largest absolute Gasteiger partial charge is 0.366 e. The van der Waals surface area contributed by atoms with Gasteiger partial charge in [0, 0.05) is 22.7 Å². The Morgan fingerprint density at radius 2 is 1.86 bits per heavy atom. The van der Waals surface area contributed by atoms with Gasteiger partial charge < -0.3 is 11.5 Å². The molecule has 1 aromatic carbocycles. The van der Waals surface area contributed by atoms with Gasteiger partial charge in [0.1, 0.15) is 0 Å². The number of benzene rings is 1. The average Bonchev–Trinajstić information content (AvgIpc) is 2.49. The van der Waals surface area contributed by atoms with Gasteiger partial charge in [-0.25, -0.2) is 10.1 Å². The van der Waals surface area contributed by atoms with Crippen LogP contribution < -0.4 is 11.5 Å². The lowest BCUT2D eigenvalue weighted by Gasteiger charge is -2.06. The average molecular weight is 350 g/mol. The Hall–Kier alpha value is -1.34. The summed E-state index contributed by atoms with van der Waals surface area (Å²) in [6.07, 6.45) is 0.585. The molecule has 0 radical (unpaired) electrons. The molecular weight excluding hydrogens is 336 g/mol. The molecule has 1 aromatic rings. The van der Waals surface area contributed by atoms with Crippen molar-refractivity contribution in [2.24, 2.45) is 11.5 Å². The Morgan fingerprint density at radius 3 is 2.50 bits per heavy atom. The third-order valence-electron chi connectivity index (χ3n) is 2.23. The standard InChI is InChI=1S/C11H14N2O7S2/c12-10(14)8-3-2-7(6-9(8)11(13)15)22-19-17-4-1-5-21-20-18-16/h2-3,6,16H,1,4-5H2,(H2,12,14)(H2,13,15). The molecule has 11 heteroatoms. The van der Waals surface area contributed by atoms with Gasteiger partial charge in [0.15, 0.2) is 0 Å². The molecular formula is C11H14N2O7S2. The van der Waals surface area contributed by atoms with E-state index in [1.807, 2.05) is 0 Å². The van der Waals surface area contributed by atoms with Crippen molar-refractivity contribution < 1.29 is 33.4 Å². The molecule has 0 spiro atoms. The predicted octanol–water partition coefficient (Wildman–Crippen LogP) is 1.30. The molecule has 5 N–H and O–H groups in total. The summed E-state index contributed by atoms with van der Waals surface area (Å²) < 4.78 is 9.04. The van der Waals surface area contributed by atoms with Gasteiger partial charge in [-0.05, 0) is 24.6 Å². The maximum Gasteiger partial charge on any atom is 0.249 e. The molecule has 0 aliphatic carbocycles. The molecule has 0 aliphatic rings. The van der Waals surface area contributed by atoms with Gasteiger partial charge in [-0.15, -0.1) is 4.33 Å². The van der Waals surface area contributed by atoms with E-state index in [2.05, 4.69) is 9.37 Å². The molecule has 0 atom stereocenters. The lowest BCUT2D eigenvalue weighted by Crippen LogP contribution is -2.20. The van der Waals surface area contributed by atoms with E-state index < -0.39 is 11.8 Å². The van der Waals surface area contributed by atoms with Crippen LogP contribution in [0.2, 0.25) is 0 Å². The molecule has 1 rings (SSSR count). The maximum absolute atomic E-state index is 11.3. The summed E-state index contributed by atoms with van der Waals surface area (Å²) in [4.78, 5) is 27.8. The number of carbonyl (C=O) groups is 2. The second-order valence-corrected chi connectivity index (χ2v) is 5.28. The normalized spacial score (nSPS) is 10.6. The van der Waals surface area contributed by atoms with Crippen molar-refractivity contribution in [3.8, 4) is 0 Å². The van der Waals surface area contributed by atoms with E-state index in [0.29, 0.717) is 17.1 Å². The van der Waals surface area contributed by atoms with Crippen LogP contribution in [-0.4, -0.2) is 29.4 Å². The Kier molecular flexibility index (Phi) is 8.84. The van der Waals surface area contributed by atoms with Crippen LogP contribution >= 0.6 is 24.1 Å². The minimum Gasteiger partial charge on any atom is -0.366 e. The second kappa shape index (κ2) is 10.4. The van der Waals surface area contributed by atoms with Crippen molar-refractivity contribution >= 4 is 35.9 Å². The molecule has 0 unspecified atom stereocenters. The molecule has 0 saturated heterocycles. The Balaban J connectivity index is 2.39. The van der Waals surface area contributed by atoms with Gasteiger partial charge in [0.2, 0.25) is 11.8 Å². The highest BCUT2D eigenvalue weighted by molar-refractivity contribution is 7.94. The van der Waals surface area contributed by atoms with Gasteiger partial charge in [-0.1, -0.05) is 5.04 Å². The first-order valence-electron chi connectivity index (χ1n) is 5.85. The summed E-state index contributed by atoms with van der Waals surface area (Å²) in [6, 6.07) is 4.32. The van der Waals surface area contributed by atoms with Crippen LogP contribution in [0.4, 0.5) is 0 Å². The molecule has 122 valence electrons. The molecule has 0 aromatic heterocycles. The fraction of sp³-hybridized carbons (Fsp3) is 0.273. The molecule has 0 aliphatic heterocycles. The number of hydrogen-bond acceptors (Lipinski definition) is 9. The summed E-state index contributed by atoms with van der Waals surface area (Å²) in [5, 5.41) is 11.3. The smallest absolute Gasteiger partial charge is 0.249 e. The van der Waals surface area contributed by atoms with Crippen LogP contribution in [-0.2, 0) is 18.6 Å². The highest BCUT2D eigenvalue weighted by atomic mass is 32.2. The lowest BCUT2D eigenvalue weighted by atomic mass is 10.1. The number of nitrogens with two attached hydrogens (primary N) is 2. The minimum absolute atomic E-state index is 0.0126. The van der Waals surface area contributed by atoms with E-state index in [9.17, 15) is 9.59 Å². The molecule has 9 nitrogen and oxygen atoms in total. The lowest BCUT2D eigenvalue weighted by molar-refractivity contribution is -0.432. The minimum atomic E-state index is -0.764. The Bertz CT molecular complexity index is 515. The van der Waals surface area contributed by atoms with E-state index in [0.717, 1.165) is 24.1 Å². The zero-order valence-corrected chi connectivity index (χ0v) is 12.9. The van der Waals surface area contributed by atoms with Crippen molar-refractivity contribution in [3.63, 3.8) is 0 Å². The summed E-state index contributed by atoms with van der Waals surface area (Å²) in [6.45, 7) is 0.275. The molecule has 2 amide bonds. The predicted molar refractivity (Wildman–Crippen MR) is 78.2 cm³/mol. The molecule has 0 fully saturated rings. The van der Waals surface area contributed by atoms with Crippen LogP contribution in [0.25, 0.3) is 0 Å². The van der Waals surface area contributed by atoms with E-state index >= 15 is 0 Å². The number of carbonyl (C=O) groups excluding carboxylic acids is 2. The van der Waals surface area contributed by atoms with E-state index in [-0.39, 0.29) is 17.7 Å². The van der Waals surface area contributed by atoms with Gasteiger partial charge in [0.05, 0.1) is 29.8 Å². The van der Waals surface area contributed by atoms with E-state index in [1.54, 1.807) is 6.07 Å². The zero-order valence-electron chi connectivity index (χ0n) is 11.2. The Morgan fingerprint density at radius 1 is 1.14 bits per heavy atom. The zero-order chi connectivity index (χ0) is 16.4. The highest BCUT2D eigenvalue weighted by Gasteiger charge is 2.14. The van der Waals surface area contributed by atoms with Crippen LogP contribution in [0.3, 0.4) is 0 Å². The Labute approximate surface area is 134 Å². The van der Waals surface area contributed by atoms with E-state index in [4.69, 9.17) is 25.9 Å². The fourth-order valence-corrected chi connectivity index (χ4v) is 2.15. The number of primary amides is 2. The number of hydrogen-bond donors (Lipinski definition) is 3.